The third-order valence-electron chi connectivity index (χ3n) is 7.70. The molecule has 216 valence electrons. The van der Waals surface area contributed by atoms with E-state index in [2.05, 4.69) is 19.8 Å². The molecule has 2 aromatic carbocycles. The topological polar surface area (TPSA) is 115 Å². The van der Waals surface area contributed by atoms with E-state index in [9.17, 15) is 9.18 Å². The molecule has 2 fully saturated rings. The van der Waals surface area contributed by atoms with Crippen molar-refractivity contribution in [1.29, 1.82) is 5.26 Å². The van der Waals surface area contributed by atoms with Crippen molar-refractivity contribution < 1.29 is 23.4 Å². The van der Waals surface area contributed by atoms with Crippen LogP contribution in [0.2, 0.25) is 0 Å². The summed E-state index contributed by atoms with van der Waals surface area (Å²) >= 11 is 0. The maximum Gasteiger partial charge on any atom is 0.337 e. The molecule has 0 bridgehead atoms. The Kier molecular flexibility index (Phi) is 7.99. The maximum absolute atomic E-state index is 14.2. The van der Waals surface area contributed by atoms with Gasteiger partial charge in [0.15, 0.2) is 0 Å². The number of fused-ring (bicyclic) bond motifs is 1. The molecule has 2 atom stereocenters. The first-order chi connectivity index (χ1) is 20.5. The number of rotatable bonds is 10. The minimum Gasteiger partial charge on any atom is -0.473 e. The second-order valence-corrected chi connectivity index (χ2v) is 10.5. The Morgan fingerprint density at radius 2 is 2.07 bits per heavy atom. The lowest BCUT2D eigenvalue weighted by Crippen LogP contribution is -2.33. The molecule has 2 aliphatic rings. The molecule has 0 spiro atoms. The zero-order valence-electron chi connectivity index (χ0n) is 23.3. The summed E-state index contributed by atoms with van der Waals surface area (Å²) in [6.07, 6.45) is 2.08. The summed E-state index contributed by atoms with van der Waals surface area (Å²) in [5.41, 5.74) is 2.87. The first-order valence-electron chi connectivity index (χ1n) is 14.0. The van der Waals surface area contributed by atoms with Crippen molar-refractivity contribution in [3.8, 4) is 11.9 Å². The largest absolute Gasteiger partial charge is 0.473 e. The smallest absolute Gasteiger partial charge is 0.337 e. The summed E-state index contributed by atoms with van der Waals surface area (Å²) in [5.74, 6) is 1.16. The number of nitrogens with one attached hydrogen (secondary N) is 1. The molecule has 42 heavy (non-hydrogen) atoms. The number of likely N-dealkylation sites (tertiary alicyclic amines) is 1. The van der Waals surface area contributed by atoms with Crippen LogP contribution in [-0.4, -0.2) is 64.4 Å². The summed E-state index contributed by atoms with van der Waals surface area (Å²) in [4.78, 5) is 24.0. The molecule has 2 saturated heterocycles. The van der Waals surface area contributed by atoms with Gasteiger partial charge < -0.3 is 24.1 Å². The summed E-state index contributed by atoms with van der Waals surface area (Å²) in [6.45, 7) is 3.84. The standard InChI is InChI=1S/C31H31FN6O4/c1-40-31(39)21-7-8-26-27(14-21)38(17-24-10-12-41-24)29(35-26)18-37-11-9-23(16-37)34-28-3-2-4-30(36-28)42-19-22-6-5-20(15-33)13-25(22)32/h2-8,13-14,23-24H,9-12,16-19H2,1H3,(H,34,36). The minimum atomic E-state index is -0.480. The van der Waals surface area contributed by atoms with Crippen LogP contribution in [0.5, 0.6) is 5.88 Å². The number of benzene rings is 2. The lowest BCUT2D eigenvalue weighted by atomic mass is 10.1. The third-order valence-corrected chi connectivity index (χ3v) is 7.70. The van der Waals surface area contributed by atoms with Gasteiger partial charge in [0, 0.05) is 37.4 Å². The summed E-state index contributed by atoms with van der Waals surface area (Å²) in [7, 11) is 1.38. The van der Waals surface area contributed by atoms with Crippen molar-refractivity contribution in [2.24, 2.45) is 0 Å². The van der Waals surface area contributed by atoms with Gasteiger partial charge in [0.25, 0.3) is 0 Å². The molecule has 10 nitrogen and oxygen atoms in total. The maximum atomic E-state index is 14.2. The number of pyridine rings is 1. The van der Waals surface area contributed by atoms with Gasteiger partial charge in [-0.15, -0.1) is 0 Å². The molecular formula is C31H31FN6O4. The lowest BCUT2D eigenvalue weighted by Gasteiger charge is -2.28. The average Bonchev–Trinajstić information content (AvgIpc) is 3.56. The Morgan fingerprint density at radius 3 is 2.83 bits per heavy atom. The van der Waals surface area contributed by atoms with Crippen LogP contribution in [0.15, 0.2) is 54.6 Å². The van der Waals surface area contributed by atoms with Gasteiger partial charge in [-0.05, 0) is 49.2 Å². The average molecular weight is 571 g/mol. The van der Waals surface area contributed by atoms with Gasteiger partial charge in [-0.3, -0.25) is 4.90 Å². The number of halogens is 1. The van der Waals surface area contributed by atoms with Crippen molar-refractivity contribution in [3.05, 3.63) is 82.9 Å². The third kappa shape index (κ3) is 6.05. The molecular weight excluding hydrogens is 539 g/mol. The fourth-order valence-corrected chi connectivity index (χ4v) is 5.34. The fourth-order valence-electron chi connectivity index (χ4n) is 5.34. The van der Waals surface area contributed by atoms with Crippen molar-refractivity contribution in [3.63, 3.8) is 0 Å². The van der Waals surface area contributed by atoms with E-state index in [1.165, 1.54) is 13.2 Å². The number of nitriles is 1. The molecule has 2 aromatic heterocycles. The zero-order chi connectivity index (χ0) is 29.1. The molecule has 0 saturated carbocycles. The number of hydrogen-bond acceptors (Lipinski definition) is 9. The van der Waals surface area contributed by atoms with Crippen LogP contribution in [0.1, 0.15) is 40.2 Å². The van der Waals surface area contributed by atoms with E-state index in [0.717, 1.165) is 49.4 Å². The molecule has 0 amide bonds. The van der Waals surface area contributed by atoms with E-state index in [-0.39, 0.29) is 30.3 Å². The van der Waals surface area contributed by atoms with Gasteiger partial charge in [0.2, 0.25) is 5.88 Å². The number of carbonyl (C=O) groups is 1. The van der Waals surface area contributed by atoms with E-state index >= 15 is 0 Å². The molecule has 6 rings (SSSR count). The van der Waals surface area contributed by atoms with Crippen molar-refractivity contribution in [1.82, 2.24) is 19.4 Å². The van der Waals surface area contributed by atoms with Crippen LogP contribution in [0.25, 0.3) is 11.0 Å². The molecule has 4 aromatic rings. The van der Waals surface area contributed by atoms with Crippen LogP contribution in [-0.2, 0) is 29.2 Å². The normalized spacial score (nSPS) is 18.4. The summed E-state index contributed by atoms with van der Waals surface area (Å²) in [6, 6.07) is 17.3. The van der Waals surface area contributed by atoms with Gasteiger partial charge in [0.1, 0.15) is 24.1 Å². The van der Waals surface area contributed by atoms with E-state index in [0.29, 0.717) is 35.9 Å². The Labute approximate surface area is 242 Å². The molecule has 0 radical (unpaired) electrons. The molecule has 0 aliphatic carbocycles. The van der Waals surface area contributed by atoms with E-state index in [1.54, 1.807) is 24.3 Å². The van der Waals surface area contributed by atoms with Gasteiger partial charge in [-0.1, -0.05) is 12.1 Å². The van der Waals surface area contributed by atoms with Crippen LogP contribution in [0, 0.1) is 17.1 Å². The number of esters is 1. The van der Waals surface area contributed by atoms with Gasteiger partial charge >= 0.3 is 5.97 Å². The molecule has 11 heteroatoms. The number of methoxy groups -OCH3 is 1. The van der Waals surface area contributed by atoms with E-state index in [4.69, 9.17) is 24.5 Å². The van der Waals surface area contributed by atoms with Crippen LogP contribution in [0.4, 0.5) is 10.2 Å². The Balaban J connectivity index is 1.10. The second kappa shape index (κ2) is 12.1. The Morgan fingerprint density at radius 1 is 1.19 bits per heavy atom. The first kappa shape index (κ1) is 27.6. The van der Waals surface area contributed by atoms with Crippen LogP contribution >= 0.6 is 0 Å². The van der Waals surface area contributed by atoms with E-state index < -0.39 is 5.82 Å². The van der Waals surface area contributed by atoms with Gasteiger partial charge in [0.05, 0.1) is 54.5 Å². The predicted octanol–water partition coefficient (Wildman–Crippen LogP) is 4.28. The highest BCUT2D eigenvalue weighted by atomic mass is 19.1. The lowest BCUT2D eigenvalue weighted by molar-refractivity contribution is -0.0591. The number of imidazole rings is 1. The highest BCUT2D eigenvalue weighted by Crippen LogP contribution is 2.25. The summed E-state index contributed by atoms with van der Waals surface area (Å²) < 4.78 is 32.8. The highest BCUT2D eigenvalue weighted by Gasteiger charge is 2.27. The molecule has 1 N–H and O–H groups in total. The van der Waals surface area contributed by atoms with E-state index in [1.807, 2.05) is 30.3 Å². The highest BCUT2D eigenvalue weighted by molar-refractivity contribution is 5.93. The fraction of sp³-hybridized carbons (Fsp3) is 0.355. The number of hydrogen-bond donors (Lipinski definition) is 1. The molecule has 4 heterocycles. The Hall–Kier alpha value is -4.53. The number of carbonyl (C=O) groups excluding carboxylic acids is 1. The van der Waals surface area contributed by atoms with Crippen molar-refractivity contribution in [2.75, 3.05) is 32.1 Å². The zero-order valence-corrected chi connectivity index (χ0v) is 23.3. The second-order valence-electron chi connectivity index (χ2n) is 10.5. The van der Waals surface area contributed by atoms with Crippen molar-refractivity contribution >= 4 is 22.8 Å². The van der Waals surface area contributed by atoms with Crippen LogP contribution < -0.4 is 10.1 Å². The molecule has 2 aliphatic heterocycles. The summed E-state index contributed by atoms with van der Waals surface area (Å²) in [5, 5.41) is 12.4. The SMILES string of the molecule is COC(=O)c1ccc2nc(CN3CCC(Nc4cccc(OCc5ccc(C#N)cc5F)n4)C3)n(CC3CCO3)c2c1. The van der Waals surface area contributed by atoms with Crippen molar-refractivity contribution in [2.45, 2.75) is 44.7 Å². The minimum absolute atomic E-state index is 0.0131. The number of ether oxygens (including phenoxy) is 3. The number of nitrogens with zero attached hydrogens (tertiary/aromatic N) is 5. The Bertz CT molecular complexity index is 1650. The predicted molar refractivity (Wildman–Crippen MR) is 152 cm³/mol. The number of anilines is 1. The van der Waals surface area contributed by atoms with Gasteiger partial charge in [-0.25, -0.2) is 14.2 Å². The molecule has 2 unspecified atom stereocenters. The van der Waals surface area contributed by atoms with Gasteiger partial charge in [-0.2, -0.15) is 10.2 Å². The monoisotopic (exact) mass is 570 g/mol. The number of aromatic nitrogens is 3. The van der Waals surface area contributed by atoms with Crippen LogP contribution in [0.3, 0.4) is 0 Å². The first-order valence-corrected chi connectivity index (χ1v) is 14.0. The quantitative estimate of drug-likeness (QED) is 0.279.